The van der Waals surface area contributed by atoms with Gasteiger partial charge in [0.1, 0.15) is 5.75 Å². The van der Waals surface area contributed by atoms with E-state index in [-0.39, 0.29) is 18.1 Å². The fraction of sp³-hybridized carbons (Fsp3) is 0.231. The van der Waals surface area contributed by atoms with Gasteiger partial charge in [-0.2, -0.15) is 0 Å². The van der Waals surface area contributed by atoms with E-state index in [1.165, 1.54) is 18.0 Å². The van der Waals surface area contributed by atoms with E-state index in [0.29, 0.717) is 22.9 Å². The van der Waals surface area contributed by atoms with Crippen LogP contribution in [0.1, 0.15) is 20.8 Å². The van der Waals surface area contributed by atoms with Crippen molar-refractivity contribution < 1.29 is 19.4 Å². The van der Waals surface area contributed by atoms with E-state index < -0.39 is 5.97 Å². The minimum atomic E-state index is -1.15. The molecule has 1 amide bonds. The first-order valence-corrected chi connectivity index (χ1v) is 6.64. The van der Waals surface area contributed by atoms with Crippen LogP contribution in [-0.4, -0.2) is 45.6 Å². The lowest BCUT2D eigenvalue weighted by Crippen LogP contribution is -2.27. The van der Waals surface area contributed by atoms with Crippen LogP contribution in [0.5, 0.6) is 5.75 Å². The van der Waals surface area contributed by atoms with E-state index in [4.69, 9.17) is 21.4 Å². The van der Waals surface area contributed by atoms with Gasteiger partial charge in [0, 0.05) is 11.6 Å². The number of carbonyl (C=O) groups excluding carboxylic acids is 1. The number of carboxylic acid groups (broad SMARTS) is 1. The van der Waals surface area contributed by atoms with Crippen molar-refractivity contribution in [3.8, 4) is 5.75 Å². The van der Waals surface area contributed by atoms with Crippen molar-refractivity contribution in [3.63, 3.8) is 0 Å². The fourth-order valence-corrected chi connectivity index (χ4v) is 1.90. The van der Waals surface area contributed by atoms with Gasteiger partial charge in [-0.05, 0) is 18.2 Å². The number of aromatic carboxylic acids is 1. The second kappa shape index (κ2) is 6.90. The minimum Gasteiger partial charge on any atom is -0.496 e. The molecule has 0 unspecified atom stereocenters. The van der Waals surface area contributed by atoms with E-state index in [0.717, 1.165) is 0 Å². The summed E-state index contributed by atoms with van der Waals surface area (Å²) in [6.07, 6.45) is 1.29. The van der Waals surface area contributed by atoms with Gasteiger partial charge in [-0.1, -0.05) is 16.8 Å². The van der Waals surface area contributed by atoms with Gasteiger partial charge in [0.2, 0.25) is 0 Å². The van der Waals surface area contributed by atoms with Gasteiger partial charge in [0.25, 0.3) is 5.91 Å². The first kappa shape index (κ1) is 15.8. The number of hydrogen-bond acceptors (Lipinski definition) is 5. The summed E-state index contributed by atoms with van der Waals surface area (Å²) in [5.74, 6) is -1.10. The summed E-state index contributed by atoms with van der Waals surface area (Å²) in [5.41, 5.74) is 0.211. The molecule has 116 valence electrons. The van der Waals surface area contributed by atoms with E-state index in [1.54, 1.807) is 18.2 Å². The van der Waals surface area contributed by atoms with Gasteiger partial charge in [-0.3, -0.25) is 4.79 Å². The predicted molar refractivity (Wildman–Crippen MR) is 77.3 cm³/mol. The molecule has 1 aromatic heterocycles. The van der Waals surface area contributed by atoms with Crippen LogP contribution in [-0.2, 0) is 6.54 Å². The maximum absolute atomic E-state index is 12.1. The standard InChI is InChI=1S/C13H13ClN4O4/c1-22-11-6-8(14)2-3-9(11)12(19)15-4-5-18-7-10(13(20)21)16-17-18/h2-3,6-7H,4-5H2,1H3,(H,15,19)(H,20,21). The third-order valence-electron chi connectivity index (χ3n) is 2.79. The molecule has 1 heterocycles. The molecule has 0 fully saturated rings. The lowest BCUT2D eigenvalue weighted by atomic mass is 10.2. The number of nitrogens with one attached hydrogen (secondary N) is 1. The van der Waals surface area contributed by atoms with Gasteiger partial charge >= 0.3 is 5.97 Å². The fourth-order valence-electron chi connectivity index (χ4n) is 1.74. The minimum absolute atomic E-state index is 0.148. The van der Waals surface area contributed by atoms with Crippen LogP contribution in [0.15, 0.2) is 24.4 Å². The Morgan fingerprint density at radius 3 is 2.86 bits per heavy atom. The van der Waals surface area contributed by atoms with Crippen molar-refractivity contribution in [3.05, 3.63) is 40.7 Å². The van der Waals surface area contributed by atoms with Crippen molar-refractivity contribution in [2.75, 3.05) is 13.7 Å². The smallest absolute Gasteiger partial charge is 0.358 e. The van der Waals surface area contributed by atoms with E-state index in [9.17, 15) is 9.59 Å². The zero-order chi connectivity index (χ0) is 16.1. The van der Waals surface area contributed by atoms with Crippen molar-refractivity contribution in [2.24, 2.45) is 0 Å². The van der Waals surface area contributed by atoms with Crippen molar-refractivity contribution >= 4 is 23.5 Å². The number of hydrogen-bond donors (Lipinski definition) is 2. The Kier molecular flexibility index (Phi) is 4.95. The third-order valence-corrected chi connectivity index (χ3v) is 3.03. The molecule has 2 rings (SSSR count). The SMILES string of the molecule is COc1cc(Cl)ccc1C(=O)NCCn1cc(C(=O)O)nn1. The molecule has 1 aromatic carbocycles. The normalized spacial score (nSPS) is 10.3. The van der Waals surface area contributed by atoms with Crippen LogP contribution in [0, 0.1) is 0 Å². The van der Waals surface area contributed by atoms with Crippen LogP contribution >= 0.6 is 11.6 Å². The molecule has 0 radical (unpaired) electrons. The van der Waals surface area contributed by atoms with Crippen molar-refractivity contribution in [1.29, 1.82) is 0 Å². The molecule has 0 saturated heterocycles. The molecular formula is C13H13ClN4O4. The molecule has 2 aromatic rings. The Balaban J connectivity index is 1.94. The highest BCUT2D eigenvalue weighted by molar-refractivity contribution is 6.30. The Labute approximate surface area is 130 Å². The van der Waals surface area contributed by atoms with Gasteiger partial charge in [-0.25, -0.2) is 9.48 Å². The summed E-state index contributed by atoms with van der Waals surface area (Å²) in [4.78, 5) is 22.7. The second-order valence-corrected chi connectivity index (χ2v) is 4.71. The Bertz CT molecular complexity index is 701. The second-order valence-electron chi connectivity index (χ2n) is 4.27. The van der Waals surface area contributed by atoms with Crippen LogP contribution in [0.4, 0.5) is 0 Å². The average Bonchev–Trinajstić information content (AvgIpc) is 2.96. The number of amides is 1. The highest BCUT2D eigenvalue weighted by Gasteiger charge is 2.13. The number of halogens is 1. The molecule has 0 saturated carbocycles. The first-order chi connectivity index (χ1) is 10.5. The lowest BCUT2D eigenvalue weighted by molar-refractivity contribution is 0.0690. The number of ether oxygens (including phenoxy) is 1. The first-order valence-electron chi connectivity index (χ1n) is 6.26. The summed E-state index contributed by atoms with van der Waals surface area (Å²) in [6.45, 7) is 0.551. The topological polar surface area (TPSA) is 106 Å². The molecule has 0 aliphatic rings. The molecule has 0 spiro atoms. The summed E-state index contributed by atoms with van der Waals surface area (Å²) < 4.78 is 6.44. The molecule has 22 heavy (non-hydrogen) atoms. The van der Waals surface area contributed by atoms with Gasteiger partial charge in [0.15, 0.2) is 5.69 Å². The summed E-state index contributed by atoms with van der Waals surface area (Å²) in [6, 6.07) is 4.71. The van der Waals surface area contributed by atoms with Crippen molar-refractivity contribution in [2.45, 2.75) is 6.54 Å². The quantitative estimate of drug-likeness (QED) is 0.823. The summed E-state index contributed by atoms with van der Waals surface area (Å²) >= 11 is 5.83. The zero-order valence-electron chi connectivity index (χ0n) is 11.6. The molecule has 0 atom stereocenters. The molecule has 0 aliphatic heterocycles. The molecule has 2 N–H and O–H groups in total. The van der Waals surface area contributed by atoms with Crippen LogP contribution < -0.4 is 10.1 Å². The van der Waals surface area contributed by atoms with Crippen LogP contribution in [0.25, 0.3) is 0 Å². The monoisotopic (exact) mass is 324 g/mol. The highest BCUT2D eigenvalue weighted by Crippen LogP contribution is 2.22. The zero-order valence-corrected chi connectivity index (χ0v) is 12.4. The summed E-state index contributed by atoms with van der Waals surface area (Å²) in [5, 5.41) is 19.0. The number of nitrogens with zero attached hydrogens (tertiary/aromatic N) is 3. The molecule has 8 nitrogen and oxygen atoms in total. The molecule has 0 aliphatic carbocycles. The lowest BCUT2D eigenvalue weighted by Gasteiger charge is -2.09. The Morgan fingerprint density at radius 2 is 2.23 bits per heavy atom. The number of methoxy groups -OCH3 is 1. The average molecular weight is 325 g/mol. The van der Waals surface area contributed by atoms with Crippen LogP contribution in [0.3, 0.4) is 0 Å². The van der Waals surface area contributed by atoms with Gasteiger partial charge in [-0.15, -0.1) is 5.10 Å². The molecular weight excluding hydrogens is 312 g/mol. The maximum atomic E-state index is 12.1. The van der Waals surface area contributed by atoms with E-state index in [2.05, 4.69) is 15.6 Å². The number of benzene rings is 1. The maximum Gasteiger partial charge on any atom is 0.358 e. The molecule has 9 heteroatoms. The van der Waals surface area contributed by atoms with Gasteiger partial charge < -0.3 is 15.2 Å². The van der Waals surface area contributed by atoms with E-state index in [1.807, 2.05) is 0 Å². The number of aromatic nitrogens is 3. The largest absolute Gasteiger partial charge is 0.496 e. The highest BCUT2D eigenvalue weighted by atomic mass is 35.5. The van der Waals surface area contributed by atoms with Crippen molar-refractivity contribution in [1.82, 2.24) is 20.3 Å². The van der Waals surface area contributed by atoms with E-state index >= 15 is 0 Å². The molecule has 0 bridgehead atoms. The number of carbonyl (C=O) groups is 2. The van der Waals surface area contributed by atoms with Crippen LogP contribution in [0.2, 0.25) is 5.02 Å². The Morgan fingerprint density at radius 1 is 1.45 bits per heavy atom. The number of carboxylic acids is 1. The number of rotatable bonds is 6. The predicted octanol–water partition coefficient (Wildman–Crippen LogP) is 1.07. The van der Waals surface area contributed by atoms with Gasteiger partial charge in [0.05, 0.1) is 25.4 Å². The summed E-state index contributed by atoms with van der Waals surface area (Å²) in [7, 11) is 1.45. The third kappa shape index (κ3) is 3.73. The Hall–Kier alpha value is -2.61.